The van der Waals surface area contributed by atoms with Gasteiger partial charge in [-0.1, -0.05) is 24.3 Å². The van der Waals surface area contributed by atoms with E-state index in [1.165, 1.54) is 10.5 Å². The molecule has 1 fully saturated rings. The van der Waals surface area contributed by atoms with Crippen LogP contribution in [0.4, 0.5) is 4.79 Å². The molecule has 6 heteroatoms. The molecule has 2 heterocycles. The lowest BCUT2D eigenvalue weighted by Crippen LogP contribution is -2.44. The Kier molecular flexibility index (Phi) is 3.93. The molecule has 2 aliphatic heterocycles. The van der Waals surface area contributed by atoms with Crippen LogP contribution in [0.25, 0.3) is 0 Å². The van der Waals surface area contributed by atoms with Crippen molar-refractivity contribution in [2.45, 2.75) is 57.7 Å². The average Bonchev–Trinajstić information content (AvgIpc) is 2.62. The van der Waals surface area contributed by atoms with Crippen molar-refractivity contribution in [3.63, 3.8) is 0 Å². The van der Waals surface area contributed by atoms with Crippen LogP contribution in [0.5, 0.6) is 0 Å². The van der Waals surface area contributed by atoms with Crippen LogP contribution < -0.4 is 0 Å². The van der Waals surface area contributed by atoms with E-state index in [2.05, 4.69) is 6.07 Å². The summed E-state index contributed by atoms with van der Waals surface area (Å²) >= 11 is 0. The number of hydrogen-bond acceptors (Lipinski definition) is 3. The first kappa shape index (κ1) is 16.3. The van der Waals surface area contributed by atoms with Gasteiger partial charge in [0.15, 0.2) is 0 Å². The van der Waals surface area contributed by atoms with E-state index in [1.807, 2.05) is 45.9 Å². The Morgan fingerprint density at radius 2 is 1.83 bits per heavy atom. The van der Waals surface area contributed by atoms with Crippen molar-refractivity contribution in [3.05, 3.63) is 35.4 Å². The fourth-order valence-electron chi connectivity index (χ4n) is 3.32. The topological polar surface area (TPSA) is 59.0 Å². The Balaban J connectivity index is 2.04. The molecular formula is C17H24BNO4. The smallest absolute Gasteiger partial charge is 0.465 e. The molecule has 1 amide bonds. The van der Waals surface area contributed by atoms with Crippen LogP contribution in [-0.4, -0.2) is 41.0 Å². The number of carboxylic acid groups (broad SMARTS) is 1. The van der Waals surface area contributed by atoms with Gasteiger partial charge in [-0.15, -0.1) is 0 Å². The lowest BCUT2D eigenvalue weighted by Gasteiger charge is -2.32. The summed E-state index contributed by atoms with van der Waals surface area (Å²) in [4.78, 5) is 13.3. The van der Waals surface area contributed by atoms with Crippen molar-refractivity contribution in [1.29, 1.82) is 0 Å². The van der Waals surface area contributed by atoms with Gasteiger partial charge < -0.3 is 19.3 Å². The molecule has 0 radical (unpaired) electrons. The molecule has 124 valence electrons. The lowest BCUT2D eigenvalue weighted by atomic mass is 9.72. The Bertz CT molecular complexity index is 600. The number of nitrogens with zero attached hydrogens (tertiary/aromatic N) is 1. The molecule has 5 nitrogen and oxygen atoms in total. The van der Waals surface area contributed by atoms with Crippen molar-refractivity contribution in [3.8, 4) is 0 Å². The number of aryl methyl sites for hydroxylation is 1. The highest BCUT2D eigenvalue weighted by Gasteiger charge is 2.56. The molecule has 1 unspecified atom stereocenters. The molecule has 0 aliphatic carbocycles. The number of carbonyl (C=O) groups is 1. The summed E-state index contributed by atoms with van der Waals surface area (Å²) in [6.07, 6.45) is 0.747. The van der Waals surface area contributed by atoms with Gasteiger partial charge in [-0.2, -0.15) is 0 Å². The number of benzene rings is 1. The third-order valence-electron chi connectivity index (χ3n) is 5.33. The minimum atomic E-state index is -0.929. The molecule has 1 saturated heterocycles. The molecule has 23 heavy (non-hydrogen) atoms. The Hall–Kier alpha value is -1.53. The maximum absolute atomic E-state index is 11.8. The predicted molar refractivity (Wildman–Crippen MR) is 88.3 cm³/mol. The zero-order valence-corrected chi connectivity index (χ0v) is 14.2. The van der Waals surface area contributed by atoms with Crippen molar-refractivity contribution < 1.29 is 19.2 Å². The van der Waals surface area contributed by atoms with Gasteiger partial charge in [0.2, 0.25) is 0 Å². The number of rotatable bonds is 1. The first-order valence-electron chi connectivity index (χ1n) is 8.16. The fraction of sp³-hybridized carbons (Fsp3) is 0.588. The molecule has 0 bridgehead atoms. The van der Waals surface area contributed by atoms with Gasteiger partial charge in [-0.3, -0.25) is 0 Å². The van der Waals surface area contributed by atoms with Gasteiger partial charge in [0, 0.05) is 6.54 Å². The predicted octanol–water partition coefficient (Wildman–Crippen LogP) is 3.29. The summed E-state index contributed by atoms with van der Waals surface area (Å²) in [6.45, 7) is 8.43. The van der Waals surface area contributed by atoms with Crippen molar-refractivity contribution in [2.75, 3.05) is 6.54 Å². The lowest BCUT2D eigenvalue weighted by molar-refractivity contribution is 0.00578. The highest BCUT2D eigenvalue weighted by Crippen LogP contribution is 2.43. The van der Waals surface area contributed by atoms with Crippen molar-refractivity contribution >= 4 is 13.2 Å². The van der Waals surface area contributed by atoms with E-state index >= 15 is 0 Å². The minimum Gasteiger partial charge on any atom is -0.465 e. The van der Waals surface area contributed by atoms with Crippen LogP contribution in [0.15, 0.2) is 24.3 Å². The Labute approximate surface area is 137 Å². The van der Waals surface area contributed by atoms with Crippen molar-refractivity contribution in [2.24, 2.45) is 0 Å². The molecule has 1 atom stereocenters. The van der Waals surface area contributed by atoms with Gasteiger partial charge in [0.1, 0.15) is 0 Å². The molecule has 0 spiro atoms. The monoisotopic (exact) mass is 317 g/mol. The second kappa shape index (κ2) is 5.53. The van der Waals surface area contributed by atoms with Crippen molar-refractivity contribution in [1.82, 2.24) is 4.90 Å². The first-order valence-corrected chi connectivity index (χ1v) is 8.16. The van der Waals surface area contributed by atoms with Crippen LogP contribution in [0.1, 0.15) is 51.2 Å². The standard InChI is InChI=1S/C17H24BNO4/c1-16(2)17(3,4)23-18(22-16)14-13-10-6-5-8-12(13)9-7-11-19(14)15(20)21/h5-6,8,10,14H,7,9,11H2,1-4H3,(H,20,21). The molecule has 0 saturated carbocycles. The molecule has 2 aliphatic rings. The summed E-state index contributed by atoms with van der Waals surface area (Å²) in [5, 5.41) is 9.69. The molecular weight excluding hydrogens is 293 g/mol. The van der Waals surface area contributed by atoms with Crippen LogP contribution in [0, 0.1) is 0 Å². The zero-order chi connectivity index (χ0) is 16.8. The van der Waals surface area contributed by atoms with Gasteiger partial charge in [-0.25, -0.2) is 4.79 Å². The highest BCUT2D eigenvalue weighted by molar-refractivity contribution is 6.47. The maximum atomic E-state index is 11.8. The third kappa shape index (κ3) is 2.74. The zero-order valence-electron chi connectivity index (χ0n) is 14.2. The summed E-state index contributed by atoms with van der Waals surface area (Å²) in [7, 11) is -0.602. The summed E-state index contributed by atoms with van der Waals surface area (Å²) in [6, 6.07) is 8.00. The third-order valence-corrected chi connectivity index (χ3v) is 5.33. The van der Waals surface area contributed by atoms with E-state index < -0.39 is 30.4 Å². The number of amides is 1. The second-order valence-corrected chi connectivity index (χ2v) is 7.35. The quantitative estimate of drug-likeness (QED) is 0.808. The van der Waals surface area contributed by atoms with Crippen LogP contribution >= 0.6 is 0 Å². The fourth-order valence-corrected chi connectivity index (χ4v) is 3.32. The normalized spacial score (nSPS) is 25.8. The van der Waals surface area contributed by atoms with E-state index in [-0.39, 0.29) is 0 Å². The first-order chi connectivity index (χ1) is 10.7. The Morgan fingerprint density at radius 3 is 2.43 bits per heavy atom. The van der Waals surface area contributed by atoms with E-state index in [0.29, 0.717) is 6.54 Å². The SMILES string of the molecule is CC1(C)OB(C2c3ccccc3CCCN2C(=O)O)OC1(C)C. The van der Waals surface area contributed by atoms with Gasteiger partial charge >= 0.3 is 13.2 Å². The van der Waals surface area contributed by atoms with Crippen LogP contribution in [0.3, 0.4) is 0 Å². The van der Waals surface area contributed by atoms with Crippen LogP contribution in [-0.2, 0) is 15.7 Å². The maximum Gasteiger partial charge on any atom is 0.487 e. The van der Waals surface area contributed by atoms with E-state index in [1.54, 1.807) is 0 Å². The van der Waals surface area contributed by atoms with Gasteiger partial charge in [0.25, 0.3) is 0 Å². The summed E-state index contributed by atoms with van der Waals surface area (Å²) in [5.74, 6) is -0.438. The average molecular weight is 317 g/mol. The number of hydrogen-bond donors (Lipinski definition) is 1. The summed E-state index contributed by atoms with van der Waals surface area (Å²) < 4.78 is 12.3. The molecule has 1 aromatic rings. The highest BCUT2D eigenvalue weighted by atomic mass is 16.7. The Morgan fingerprint density at radius 1 is 1.22 bits per heavy atom. The summed E-state index contributed by atoms with van der Waals surface area (Å²) in [5.41, 5.74) is 1.20. The largest absolute Gasteiger partial charge is 0.487 e. The van der Waals surface area contributed by atoms with Gasteiger partial charge in [-0.05, 0) is 51.7 Å². The molecule has 0 aromatic heterocycles. The molecule has 1 N–H and O–H groups in total. The van der Waals surface area contributed by atoms with Gasteiger partial charge in [0.05, 0.1) is 17.1 Å². The minimum absolute atomic E-state index is 0.438. The van der Waals surface area contributed by atoms with Crippen LogP contribution in [0.2, 0.25) is 0 Å². The second-order valence-electron chi connectivity index (χ2n) is 7.35. The number of fused-ring (bicyclic) bond motifs is 1. The van der Waals surface area contributed by atoms with E-state index in [4.69, 9.17) is 9.31 Å². The van der Waals surface area contributed by atoms with E-state index in [0.717, 1.165) is 18.4 Å². The molecule has 1 aromatic carbocycles. The van der Waals surface area contributed by atoms with E-state index in [9.17, 15) is 9.90 Å². The molecule has 3 rings (SSSR count).